The van der Waals surface area contributed by atoms with Gasteiger partial charge in [-0.05, 0) is 25.7 Å². The fourth-order valence-corrected chi connectivity index (χ4v) is 1.40. The summed E-state index contributed by atoms with van der Waals surface area (Å²) < 4.78 is 4.96. The molecular formula is C9H13NO2. The number of ether oxygens (including phenoxy) is 1. The molecule has 1 fully saturated rings. The van der Waals surface area contributed by atoms with Gasteiger partial charge in [0.25, 0.3) is 0 Å². The zero-order valence-corrected chi connectivity index (χ0v) is 7.08. The molecule has 3 heteroatoms. The number of rotatable bonds is 2. The van der Waals surface area contributed by atoms with E-state index in [1.165, 1.54) is 0 Å². The largest absolute Gasteiger partial charge is 0.465 e. The topological polar surface area (TPSA) is 50.1 Å². The molecule has 0 aromatic carbocycles. The normalized spacial score (nSPS) is 23.9. The lowest BCUT2D eigenvalue weighted by Gasteiger charge is -2.08. The summed E-state index contributed by atoms with van der Waals surface area (Å²) >= 11 is 0. The Hall–Kier alpha value is -1.04. The van der Waals surface area contributed by atoms with Crippen LogP contribution in [0.4, 0.5) is 0 Å². The zero-order valence-electron chi connectivity index (χ0n) is 7.08. The first-order chi connectivity index (χ1) is 5.84. The summed E-state index contributed by atoms with van der Waals surface area (Å²) in [5, 5.41) is 8.35. The Balaban J connectivity index is 2.38. The minimum Gasteiger partial charge on any atom is -0.465 e. The molecule has 0 aliphatic carbocycles. The standard InChI is InChI=1S/C9H13NO2/c10-6-3-5-8-4-1-2-7-12-9(8)11/h8H,1-5,7H2. The number of carbonyl (C=O) groups is 1. The van der Waals surface area contributed by atoms with Crippen molar-refractivity contribution >= 4 is 5.97 Å². The van der Waals surface area contributed by atoms with Gasteiger partial charge in [-0.2, -0.15) is 5.26 Å². The summed E-state index contributed by atoms with van der Waals surface area (Å²) in [5.41, 5.74) is 0. The molecule has 0 aromatic heterocycles. The first kappa shape index (κ1) is 9.05. The molecule has 1 aliphatic rings. The number of nitrogens with zero attached hydrogens (tertiary/aromatic N) is 1. The molecule has 0 saturated carbocycles. The molecule has 12 heavy (non-hydrogen) atoms. The second-order valence-corrected chi connectivity index (χ2v) is 3.06. The van der Waals surface area contributed by atoms with Crippen LogP contribution in [0.2, 0.25) is 0 Å². The molecule has 1 aliphatic heterocycles. The molecule has 0 radical (unpaired) electrons. The summed E-state index contributed by atoms with van der Waals surface area (Å²) in [6.07, 6.45) is 4.02. The van der Waals surface area contributed by atoms with Crippen molar-refractivity contribution in [1.82, 2.24) is 0 Å². The summed E-state index contributed by atoms with van der Waals surface area (Å²) in [6.45, 7) is 0.557. The summed E-state index contributed by atoms with van der Waals surface area (Å²) in [4.78, 5) is 11.2. The molecule has 0 N–H and O–H groups in total. The Bertz CT molecular complexity index is 195. The van der Waals surface area contributed by atoms with E-state index in [1.807, 2.05) is 6.07 Å². The van der Waals surface area contributed by atoms with Crippen molar-refractivity contribution in [3.63, 3.8) is 0 Å². The lowest BCUT2D eigenvalue weighted by Crippen LogP contribution is -2.15. The Morgan fingerprint density at radius 1 is 1.58 bits per heavy atom. The van der Waals surface area contributed by atoms with Gasteiger partial charge in [-0.25, -0.2) is 0 Å². The quantitative estimate of drug-likeness (QED) is 0.587. The molecule has 0 amide bonds. The van der Waals surface area contributed by atoms with Crippen molar-refractivity contribution in [1.29, 1.82) is 5.26 Å². The van der Waals surface area contributed by atoms with Gasteiger partial charge < -0.3 is 4.74 Å². The molecule has 1 atom stereocenters. The van der Waals surface area contributed by atoms with E-state index < -0.39 is 0 Å². The average Bonchev–Trinajstić information content (AvgIpc) is 2.27. The lowest BCUT2D eigenvalue weighted by atomic mass is 9.98. The van der Waals surface area contributed by atoms with Crippen molar-refractivity contribution in [2.24, 2.45) is 5.92 Å². The third-order valence-corrected chi connectivity index (χ3v) is 2.13. The number of cyclic esters (lactones) is 1. The van der Waals surface area contributed by atoms with Crippen molar-refractivity contribution < 1.29 is 9.53 Å². The van der Waals surface area contributed by atoms with E-state index in [0.717, 1.165) is 19.3 Å². The zero-order chi connectivity index (χ0) is 8.81. The van der Waals surface area contributed by atoms with Crippen LogP contribution in [0.3, 0.4) is 0 Å². The van der Waals surface area contributed by atoms with Crippen molar-refractivity contribution in [2.45, 2.75) is 32.1 Å². The highest BCUT2D eigenvalue weighted by Crippen LogP contribution is 2.19. The van der Waals surface area contributed by atoms with Crippen LogP contribution in [0.1, 0.15) is 32.1 Å². The minimum absolute atomic E-state index is 0.0212. The first-order valence-corrected chi connectivity index (χ1v) is 4.38. The molecule has 66 valence electrons. The fourth-order valence-electron chi connectivity index (χ4n) is 1.40. The highest BCUT2D eigenvalue weighted by atomic mass is 16.5. The van der Waals surface area contributed by atoms with Crippen LogP contribution in [0.25, 0.3) is 0 Å². The van der Waals surface area contributed by atoms with Gasteiger partial charge in [-0.3, -0.25) is 4.79 Å². The SMILES string of the molecule is N#CCCC1CCCCOC1=O. The smallest absolute Gasteiger partial charge is 0.308 e. The number of carbonyl (C=O) groups excluding carboxylic acids is 1. The van der Waals surface area contributed by atoms with E-state index in [1.54, 1.807) is 0 Å². The van der Waals surface area contributed by atoms with Gasteiger partial charge in [0.1, 0.15) is 0 Å². The monoisotopic (exact) mass is 167 g/mol. The van der Waals surface area contributed by atoms with E-state index in [-0.39, 0.29) is 11.9 Å². The summed E-state index contributed by atoms with van der Waals surface area (Å²) in [7, 11) is 0. The Labute approximate surface area is 72.3 Å². The average molecular weight is 167 g/mol. The maximum absolute atomic E-state index is 11.2. The molecule has 1 unspecified atom stereocenters. The Morgan fingerprint density at radius 3 is 3.17 bits per heavy atom. The Kier molecular flexibility index (Phi) is 3.59. The van der Waals surface area contributed by atoms with Gasteiger partial charge in [0.15, 0.2) is 0 Å². The third kappa shape index (κ3) is 2.54. The predicted molar refractivity (Wildman–Crippen MR) is 43.1 cm³/mol. The van der Waals surface area contributed by atoms with Crippen molar-refractivity contribution in [3.8, 4) is 6.07 Å². The van der Waals surface area contributed by atoms with E-state index in [2.05, 4.69) is 0 Å². The maximum Gasteiger partial charge on any atom is 0.308 e. The maximum atomic E-state index is 11.2. The molecule has 0 aromatic rings. The number of hydrogen-bond donors (Lipinski definition) is 0. The molecule has 0 bridgehead atoms. The van der Waals surface area contributed by atoms with Crippen LogP contribution in [0.5, 0.6) is 0 Å². The lowest BCUT2D eigenvalue weighted by molar-refractivity contribution is -0.147. The molecule has 0 spiro atoms. The van der Waals surface area contributed by atoms with Gasteiger partial charge in [0.2, 0.25) is 0 Å². The molecule has 1 rings (SSSR count). The minimum atomic E-state index is -0.109. The Morgan fingerprint density at radius 2 is 2.42 bits per heavy atom. The predicted octanol–water partition coefficient (Wildman–Crippen LogP) is 1.63. The van der Waals surface area contributed by atoms with Crippen molar-refractivity contribution in [2.75, 3.05) is 6.61 Å². The second-order valence-electron chi connectivity index (χ2n) is 3.06. The van der Waals surface area contributed by atoms with Crippen LogP contribution in [0.15, 0.2) is 0 Å². The van der Waals surface area contributed by atoms with Gasteiger partial charge in [0.05, 0.1) is 18.6 Å². The fraction of sp³-hybridized carbons (Fsp3) is 0.778. The highest BCUT2D eigenvalue weighted by molar-refractivity contribution is 5.72. The first-order valence-electron chi connectivity index (χ1n) is 4.38. The van der Waals surface area contributed by atoms with Crippen LogP contribution in [-0.2, 0) is 9.53 Å². The van der Waals surface area contributed by atoms with Crippen LogP contribution >= 0.6 is 0 Å². The van der Waals surface area contributed by atoms with Crippen LogP contribution in [0, 0.1) is 17.2 Å². The number of nitriles is 1. The van der Waals surface area contributed by atoms with Gasteiger partial charge in [-0.1, -0.05) is 0 Å². The van der Waals surface area contributed by atoms with E-state index in [0.29, 0.717) is 19.4 Å². The van der Waals surface area contributed by atoms with Crippen molar-refractivity contribution in [3.05, 3.63) is 0 Å². The molecule has 1 heterocycles. The van der Waals surface area contributed by atoms with E-state index >= 15 is 0 Å². The summed E-state index contributed by atoms with van der Waals surface area (Å²) in [6, 6.07) is 2.05. The number of hydrogen-bond acceptors (Lipinski definition) is 3. The molecule has 3 nitrogen and oxygen atoms in total. The van der Waals surface area contributed by atoms with E-state index in [9.17, 15) is 4.79 Å². The third-order valence-electron chi connectivity index (χ3n) is 2.13. The van der Waals surface area contributed by atoms with Gasteiger partial charge >= 0.3 is 5.97 Å². The molecule has 1 saturated heterocycles. The summed E-state index contributed by atoms with van der Waals surface area (Å²) in [5.74, 6) is -0.130. The molecular weight excluding hydrogens is 154 g/mol. The second kappa shape index (κ2) is 4.76. The van der Waals surface area contributed by atoms with Crippen LogP contribution < -0.4 is 0 Å². The van der Waals surface area contributed by atoms with Crippen LogP contribution in [-0.4, -0.2) is 12.6 Å². The van der Waals surface area contributed by atoms with E-state index in [4.69, 9.17) is 10.00 Å². The number of esters is 1. The van der Waals surface area contributed by atoms with Gasteiger partial charge in [0, 0.05) is 6.42 Å². The highest BCUT2D eigenvalue weighted by Gasteiger charge is 2.21. The van der Waals surface area contributed by atoms with Gasteiger partial charge in [-0.15, -0.1) is 0 Å².